The lowest BCUT2D eigenvalue weighted by Gasteiger charge is -2.25. The number of hydrogen-bond acceptors (Lipinski definition) is 8. The van der Waals surface area contributed by atoms with Gasteiger partial charge in [0.2, 0.25) is 5.91 Å². The lowest BCUT2D eigenvalue weighted by Crippen LogP contribution is -2.29. The standard InChI is InChI=1S/C22H31NO8S/c1-13(24)11-16-14(15-9-10-30-18(15)12-31-32(6,27)28)7-8-17(19(16)20(25)29-5)23-21(26)22(2,3)4/h7-8,15,18H,9-12H2,1-6H3,(H,23,26)/t15-,18+/m0/s1. The number of carbonyl (C=O) groups excluding carboxylic acids is 3. The Bertz CT molecular complexity index is 994. The van der Waals surface area contributed by atoms with Crippen molar-refractivity contribution in [1.82, 2.24) is 0 Å². The number of hydrogen-bond donors (Lipinski definition) is 1. The molecular formula is C22H31NO8S. The van der Waals surface area contributed by atoms with E-state index >= 15 is 0 Å². The molecule has 0 spiro atoms. The van der Waals surface area contributed by atoms with Gasteiger partial charge < -0.3 is 14.8 Å². The minimum absolute atomic E-state index is 0.0604. The molecule has 1 aromatic carbocycles. The maximum Gasteiger partial charge on any atom is 0.340 e. The van der Waals surface area contributed by atoms with Crippen LogP contribution in [0.25, 0.3) is 0 Å². The number of Topliss-reactive ketones (excluding diaryl/α,β-unsaturated/α-hetero) is 1. The number of anilines is 1. The van der Waals surface area contributed by atoms with Crippen LogP contribution in [0.3, 0.4) is 0 Å². The predicted octanol–water partition coefficient (Wildman–Crippen LogP) is 2.44. The summed E-state index contributed by atoms with van der Waals surface area (Å²) in [6.07, 6.45) is 0.878. The maximum absolute atomic E-state index is 12.8. The van der Waals surface area contributed by atoms with Gasteiger partial charge in [-0.25, -0.2) is 4.79 Å². The number of benzene rings is 1. The van der Waals surface area contributed by atoms with Gasteiger partial charge in [0.25, 0.3) is 10.1 Å². The molecule has 2 rings (SSSR count). The molecule has 1 N–H and O–H groups in total. The van der Waals surface area contributed by atoms with Crippen LogP contribution in [0.2, 0.25) is 0 Å². The van der Waals surface area contributed by atoms with E-state index in [4.69, 9.17) is 13.7 Å². The summed E-state index contributed by atoms with van der Waals surface area (Å²) >= 11 is 0. The lowest BCUT2D eigenvalue weighted by atomic mass is 9.84. The molecule has 0 bridgehead atoms. The van der Waals surface area contributed by atoms with Crippen LogP contribution in [-0.4, -0.2) is 58.8 Å². The van der Waals surface area contributed by atoms with Crippen molar-refractivity contribution in [3.8, 4) is 0 Å². The molecule has 1 heterocycles. The molecule has 1 amide bonds. The van der Waals surface area contributed by atoms with Gasteiger partial charge in [-0.05, 0) is 30.5 Å². The largest absolute Gasteiger partial charge is 0.465 e. The number of ether oxygens (including phenoxy) is 2. The van der Waals surface area contributed by atoms with Crippen LogP contribution < -0.4 is 5.32 Å². The summed E-state index contributed by atoms with van der Waals surface area (Å²) < 4.78 is 38.4. The van der Waals surface area contributed by atoms with E-state index in [9.17, 15) is 22.8 Å². The van der Waals surface area contributed by atoms with E-state index in [2.05, 4.69) is 5.32 Å². The number of methoxy groups -OCH3 is 1. The Morgan fingerprint density at radius 2 is 1.88 bits per heavy atom. The Balaban J connectivity index is 2.59. The van der Waals surface area contributed by atoms with E-state index in [1.807, 2.05) is 0 Å². The first-order chi connectivity index (χ1) is 14.7. The summed E-state index contributed by atoms with van der Waals surface area (Å²) in [5.74, 6) is -1.47. The molecule has 32 heavy (non-hydrogen) atoms. The van der Waals surface area contributed by atoms with Crippen LogP contribution in [-0.2, 0) is 39.8 Å². The van der Waals surface area contributed by atoms with Gasteiger partial charge >= 0.3 is 5.97 Å². The van der Waals surface area contributed by atoms with E-state index in [-0.39, 0.29) is 41.9 Å². The minimum atomic E-state index is -3.66. The molecule has 0 unspecified atom stereocenters. The van der Waals surface area contributed by atoms with Crippen molar-refractivity contribution in [2.45, 2.75) is 52.6 Å². The second kappa shape index (κ2) is 10.1. The summed E-state index contributed by atoms with van der Waals surface area (Å²) in [7, 11) is -2.44. The smallest absolute Gasteiger partial charge is 0.340 e. The highest BCUT2D eigenvalue weighted by molar-refractivity contribution is 7.85. The van der Waals surface area contributed by atoms with Gasteiger partial charge in [0.05, 0.1) is 37.3 Å². The number of carbonyl (C=O) groups is 3. The number of esters is 1. The quantitative estimate of drug-likeness (QED) is 0.455. The Morgan fingerprint density at radius 1 is 1.22 bits per heavy atom. The fraction of sp³-hybridized carbons (Fsp3) is 0.591. The first-order valence-corrected chi connectivity index (χ1v) is 12.1. The normalized spacial score (nSPS) is 18.9. The summed E-state index contributed by atoms with van der Waals surface area (Å²) in [5, 5.41) is 2.77. The Morgan fingerprint density at radius 3 is 2.41 bits per heavy atom. The average molecular weight is 470 g/mol. The first-order valence-electron chi connectivity index (χ1n) is 10.3. The molecule has 10 heteroatoms. The molecule has 0 aromatic heterocycles. The molecule has 0 saturated carbocycles. The zero-order valence-electron chi connectivity index (χ0n) is 19.3. The van der Waals surface area contributed by atoms with Gasteiger partial charge in [0.1, 0.15) is 5.78 Å². The molecule has 1 aromatic rings. The number of nitrogens with one attached hydrogen (secondary N) is 1. The van der Waals surface area contributed by atoms with Crippen molar-refractivity contribution in [2.75, 3.05) is 31.9 Å². The molecule has 0 radical (unpaired) electrons. The second-order valence-electron chi connectivity index (χ2n) is 8.92. The summed E-state index contributed by atoms with van der Waals surface area (Å²) in [6.45, 7) is 6.82. The molecule has 1 fully saturated rings. The fourth-order valence-corrected chi connectivity index (χ4v) is 3.94. The predicted molar refractivity (Wildman–Crippen MR) is 118 cm³/mol. The van der Waals surface area contributed by atoms with Gasteiger partial charge in [-0.1, -0.05) is 26.8 Å². The van der Waals surface area contributed by atoms with Crippen LogP contribution >= 0.6 is 0 Å². The highest BCUT2D eigenvalue weighted by Gasteiger charge is 2.35. The van der Waals surface area contributed by atoms with Gasteiger partial charge in [0.15, 0.2) is 0 Å². The van der Waals surface area contributed by atoms with Gasteiger partial charge in [-0.2, -0.15) is 8.42 Å². The van der Waals surface area contributed by atoms with Crippen LogP contribution in [0, 0.1) is 5.41 Å². The van der Waals surface area contributed by atoms with Crippen LogP contribution in [0.1, 0.15) is 61.5 Å². The van der Waals surface area contributed by atoms with Gasteiger partial charge in [-0.3, -0.25) is 13.8 Å². The first kappa shape index (κ1) is 26.0. The zero-order valence-corrected chi connectivity index (χ0v) is 20.1. The third-order valence-corrected chi connectivity index (χ3v) is 5.71. The Labute approximate surface area is 188 Å². The topological polar surface area (TPSA) is 125 Å². The van der Waals surface area contributed by atoms with Crippen molar-refractivity contribution in [3.63, 3.8) is 0 Å². The SMILES string of the molecule is COC(=O)c1c(NC(=O)C(C)(C)C)ccc([C@@H]2CCO[C@@H]2COS(C)(=O)=O)c1CC(C)=O. The Hall–Kier alpha value is -2.30. The van der Waals surface area contributed by atoms with E-state index in [0.29, 0.717) is 24.2 Å². The van der Waals surface area contributed by atoms with Crippen molar-refractivity contribution in [3.05, 3.63) is 28.8 Å². The van der Waals surface area contributed by atoms with Crippen LogP contribution in [0.4, 0.5) is 5.69 Å². The molecule has 1 saturated heterocycles. The number of ketones is 1. The average Bonchev–Trinajstić information content (AvgIpc) is 3.12. The lowest BCUT2D eigenvalue weighted by molar-refractivity contribution is -0.123. The zero-order chi connectivity index (χ0) is 24.3. The summed E-state index contributed by atoms with van der Waals surface area (Å²) in [5.41, 5.74) is 0.733. The minimum Gasteiger partial charge on any atom is -0.465 e. The van der Waals surface area contributed by atoms with Crippen LogP contribution in [0.15, 0.2) is 12.1 Å². The molecular weight excluding hydrogens is 438 g/mol. The molecule has 1 aliphatic heterocycles. The number of amides is 1. The van der Waals surface area contributed by atoms with Gasteiger partial charge in [-0.15, -0.1) is 0 Å². The Kier molecular flexibility index (Phi) is 8.19. The summed E-state index contributed by atoms with van der Waals surface area (Å²) in [4.78, 5) is 37.4. The fourth-order valence-electron chi connectivity index (χ4n) is 3.56. The molecule has 1 aliphatic rings. The third-order valence-electron chi connectivity index (χ3n) is 5.15. The van der Waals surface area contributed by atoms with E-state index < -0.39 is 27.6 Å². The number of rotatable bonds is 8. The van der Waals surface area contributed by atoms with Crippen molar-refractivity contribution in [2.24, 2.45) is 5.41 Å². The van der Waals surface area contributed by atoms with Crippen molar-refractivity contribution >= 4 is 33.5 Å². The van der Waals surface area contributed by atoms with Crippen LogP contribution in [0.5, 0.6) is 0 Å². The molecule has 0 aliphatic carbocycles. The molecule has 9 nitrogen and oxygen atoms in total. The van der Waals surface area contributed by atoms with Gasteiger partial charge in [0, 0.05) is 24.4 Å². The van der Waals surface area contributed by atoms with Crippen molar-refractivity contribution < 1.29 is 36.5 Å². The molecule has 178 valence electrons. The van der Waals surface area contributed by atoms with E-state index in [1.54, 1.807) is 32.9 Å². The highest BCUT2D eigenvalue weighted by Crippen LogP contribution is 2.38. The maximum atomic E-state index is 12.8. The van der Waals surface area contributed by atoms with Crippen molar-refractivity contribution in [1.29, 1.82) is 0 Å². The monoisotopic (exact) mass is 469 g/mol. The summed E-state index contributed by atoms with van der Waals surface area (Å²) in [6, 6.07) is 3.33. The highest BCUT2D eigenvalue weighted by atomic mass is 32.2. The van der Waals surface area contributed by atoms with E-state index in [1.165, 1.54) is 14.0 Å². The molecule has 2 atom stereocenters. The third kappa shape index (κ3) is 6.60. The van der Waals surface area contributed by atoms with E-state index in [0.717, 1.165) is 6.26 Å². The second-order valence-corrected chi connectivity index (χ2v) is 10.6.